The summed E-state index contributed by atoms with van der Waals surface area (Å²) in [5, 5.41) is 0.345. The molecule has 1 aromatic rings. The number of hydrogen-bond acceptors (Lipinski definition) is 0. The molecule has 0 radical (unpaired) electrons. The highest BCUT2D eigenvalue weighted by Gasteiger charge is 2.35. The second kappa shape index (κ2) is 4.70. The van der Waals surface area contributed by atoms with Crippen molar-refractivity contribution in [2.24, 2.45) is 0 Å². The maximum Gasteiger partial charge on any atom is 0.416 e. The third-order valence-corrected chi connectivity index (χ3v) is 4.67. The van der Waals surface area contributed by atoms with E-state index < -0.39 is 20.5 Å². The van der Waals surface area contributed by atoms with Gasteiger partial charge in [-0.3, -0.25) is 0 Å². The Morgan fingerprint density at radius 2 is 1.75 bits per heavy atom. The number of alkyl halides is 3. The summed E-state index contributed by atoms with van der Waals surface area (Å²) in [4.78, 5) is 0. The molecule has 4 heteroatoms. The molecule has 0 bridgehead atoms. The first kappa shape index (κ1) is 12.8. The minimum atomic E-state index is -4.31. The average Bonchev–Trinajstić information content (AvgIpc) is 2.17. The number of aryl methyl sites for hydroxylation is 1. The Bertz CT molecular complexity index is 399. The van der Waals surface area contributed by atoms with Crippen molar-refractivity contribution >= 4 is 14.0 Å². The standard InChI is InChI=1S/C12H13F3Si/c1-4-16(5-2)10-8-6-7-9(3)11(10)12(13,14)15/h4-8,16H,1-2H2,3H3. The monoisotopic (exact) mass is 242 g/mol. The van der Waals surface area contributed by atoms with E-state index in [0.717, 1.165) is 0 Å². The number of halogens is 3. The lowest BCUT2D eigenvalue weighted by Gasteiger charge is -2.17. The molecule has 0 aliphatic rings. The van der Waals surface area contributed by atoms with Gasteiger partial charge >= 0.3 is 6.18 Å². The minimum absolute atomic E-state index is 0.256. The normalized spacial score (nSPS) is 11.6. The van der Waals surface area contributed by atoms with Crippen LogP contribution in [0.4, 0.5) is 13.2 Å². The maximum atomic E-state index is 12.9. The molecule has 0 nitrogen and oxygen atoms in total. The first-order chi connectivity index (χ1) is 7.41. The molecule has 1 aromatic carbocycles. The minimum Gasteiger partial charge on any atom is -0.166 e. The quantitative estimate of drug-likeness (QED) is 0.715. The van der Waals surface area contributed by atoms with Gasteiger partial charge in [0.15, 0.2) is 0 Å². The molecule has 0 saturated heterocycles. The third-order valence-electron chi connectivity index (χ3n) is 2.46. The zero-order valence-electron chi connectivity index (χ0n) is 9.01. The van der Waals surface area contributed by atoms with Crippen LogP contribution in [0.3, 0.4) is 0 Å². The van der Waals surface area contributed by atoms with Crippen LogP contribution in [0.1, 0.15) is 11.1 Å². The zero-order valence-corrected chi connectivity index (χ0v) is 10.2. The molecular weight excluding hydrogens is 229 g/mol. The molecule has 86 valence electrons. The summed E-state index contributed by atoms with van der Waals surface area (Å²) in [5.74, 6) is 0. The van der Waals surface area contributed by atoms with Crippen LogP contribution in [0.15, 0.2) is 42.8 Å². The summed E-state index contributed by atoms with van der Waals surface area (Å²) in [5.41, 5.74) is 2.92. The second-order valence-electron chi connectivity index (χ2n) is 3.53. The van der Waals surface area contributed by atoms with Gasteiger partial charge < -0.3 is 0 Å². The van der Waals surface area contributed by atoms with Crippen molar-refractivity contribution in [3.8, 4) is 0 Å². The van der Waals surface area contributed by atoms with Crippen LogP contribution in [-0.2, 0) is 6.18 Å². The van der Waals surface area contributed by atoms with Crippen LogP contribution in [0.2, 0.25) is 0 Å². The highest BCUT2D eigenvalue weighted by Crippen LogP contribution is 2.30. The zero-order chi connectivity index (χ0) is 12.3. The van der Waals surface area contributed by atoms with Crippen molar-refractivity contribution in [2.75, 3.05) is 0 Å². The molecule has 0 aliphatic carbocycles. The highest BCUT2D eigenvalue weighted by atomic mass is 28.3. The Morgan fingerprint density at radius 3 is 2.19 bits per heavy atom. The molecule has 1 rings (SSSR count). The van der Waals surface area contributed by atoms with E-state index in [1.807, 2.05) is 0 Å². The summed E-state index contributed by atoms with van der Waals surface area (Å²) in [6.45, 7) is 8.64. The van der Waals surface area contributed by atoms with Crippen molar-refractivity contribution in [3.05, 3.63) is 53.9 Å². The van der Waals surface area contributed by atoms with E-state index in [9.17, 15) is 13.2 Å². The van der Waals surface area contributed by atoms with Gasteiger partial charge in [-0.15, -0.1) is 13.2 Å². The van der Waals surface area contributed by atoms with E-state index in [1.165, 1.54) is 19.1 Å². The highest BCUT2D eigenvalue weighted by molar-refractivity contribution is 6.82. The first-order valence-corrected chi connectivity index (χ1v) is 6.74. The smallest absolute Gasteiger partial charge is 0.166 e. The molecule has 0 atom stereocenters. The summed E-state index contributed by atoms with van der Waals surface area (Å²) in [7, 11) is -1.91. The van der Waals surface area contributed by atoms with Gasteiger partial charge in [0.05, 0.1) is 5.56 Å². The SMILES string of the molecule is C=C[SiH](C=C)c1cccc(C)c1C(F)(F)F. The fourth-order valence-corrected chi connectivity index (χ4v) is 3.46. The van der Waals surface area contributed by atoms with Crippen molar-refractivity contribution in [1.82, 2.24) is 0 Å². The summed E-state index contributed by atoms with van der Waals surface area (Å²) < 4.78 is 38.7. The average molecular weight is 242 g/mol. The van der Waals surface area contributed by atoms with Crippen LogP contribution in [0.5, 0.6) is 0 Å². The summed E-state index contributed by atoms with van der Waals surface area (Å²) in [6, 6.07) is 4.65. The molecular formula is C12H13F3Si. The van der Waals surface area contributed by atoms with Crippen molar-refractivity contribution in [1.29, 1.82) is 0 Å². The number of benzene rings is 1. The fraction of sp³-hybridized carbons (Fsp3) is 0.167. The Morgan fingerprint density at radius 1 is 1.19 bits per heavy atom. The molecule has 0 heterocycles. The van der Waals surface area contributed by atoms with Gasteiger partial charge in [0.25, 0.3) is 0 Å². The second-order valence-corrected chi connectivity index (χ2v) is 6.15. The Labute approximate surface area is 94.7 Å². The van der Waals surface area contributed by atoms with Crippen molar-refractivity contribution in [3.63, 3.8) is 0 Å². The summed E-state index contributed by atoms with van der Waals surface area (Å²) >= 11 is 0. The largest absolute Gasteiger partial charge is 0.416 e. The number of rotatable bonds is 3. The van der Waals surface area contributed by atoms with Crippen LogP contribution >= 0.6 is 0 Å². The van der Waals surface area contributed by atoms with Gasteiger partial charge in [-0.05, 0) is 17.7 Å². The molecule has 0 saturated carbocycles. The molecule has 0 aliphatic heterocycles. The van der Waals surface area contributed by atoms with E-state index in [4.69, 9.17) is 0 Å². The molecule has 0 unspecified atom stereocenters. The molecule has 0 aromatic heterocycles. The van der Waals surface area contributed by atoms with Crippen LogP contribution in [0.25, 0.3) is 0 Å². The van der Waals surface area contributed by atoms with E-state index in [0.29, 0.717) is 5.19 Å². The van der Waals surface area contributed by atoms with Gasteiger partial charge in [0.2, 0.25) is 0 Å². The predicted molar refractivity (Wildman–Crippen MR) is 63.4 cm³/mol. The summed E-state index contributed by atoms with van der Waals surface area (Å²) in [6.07, 6.45) is -4.31. The van der Waals surface area contributed by atoms with E-state index in [1.54, 1.807) is 17.5 Å². The van der Waals surface area contributed by atoms with Gasteiger partial charge in [0.1, 0.15) is 8.80 Å². The molecule has 0 fully saturated rings. The lowest BCUT2D eigenvalue weighted by atomic mass is 10.1. The number of hydrogen-bond donors (Lipinski definition) is 0. The molecule has 0 spiro atoms. The van der Waals surface area contributed by atoms with Crippen LogP contribution in [0, 0.1) is 6.92 Å². The third kappa shape index (κ3) is 2.44. The molecule has 16 heavy (non-hydrogen) atoms. The Kier molecular flexibility index (Phi) is 3.75. The maximum absolute atomic E-state index is 12.9. The van der Waals surface area contributed by atoms with E-state index in [2.05, 4.69) is 13.2 Å². The van der Waals surface area contributed by atoms with Gasteiger partial charge in [0, 0.05) is 0 Å². The lowest BCUT2D eigenvalue weighted by Crippen LogP contribution is -2.34. The topological polar surface area (TPSA) is 0 Å². The first-order valence-electron chi connectivity index (χ1n) is 4.83. The van der Waals surface area contributed by atoms with Crippen molar-refractivity contribution in [2.45, 2.75) is 13.1 Å². The molecule has 0 amide bonds. The predicted octanol–water partition coefficient (Wildman–Crippen LogP) is 2.90. The lowest BCUT2D eigenvalue weighted by molar-refractivity contribution is -0.137. The van der Waals surface area contributed by atoms with Gasteiger partial charge in [-0.2, -0.15) is 13.2 Å². The van der Waals surface area contributed by atoms with Crippen LogP contribution in [-0.4, -0.2) is 8.80 Å². The van der Waals surface area contributed by atoms with E-state index >= 15 is 0 Å². The fourth-order valence-electron chi connectivity index (χ4n) is 1.71. The Hall–Kier alpha value is -1.29. The Balaban J connectivity index is 3.45. The van der Waals surface area contributed by atoms with E-state index in [-0.39, 0.29) is 5.56 Å². The van der Waals surface area contributed by atoms with Gasteiger partial charge in [-0.1, -0.05) is 29.6 Å². The van der Waals surface area contributed by atoms with Crippen molar-refractivity contribution < 1.29 is 13.2 Å². The van der Waals surface area contributed by atoms with Crippen LogP contribution < -0.4 is 5.19 Å². The molecule has 0 N–H and O–H groups in total. The van der Waals surface area contributed by atoms with Gasteiger partial charge in [-0.25, -0.2) is 0 Å².